The van der Waals surface area contributed by atoms with Gasteiger partial charge in [0.05, 0.1) is 12.6 Å². The van der Waals surface area contributed by atoms with Gasteiger partial charge < -0.3 is 10.3 Å². The highest BCUT2D eigenvalue weighted by atomic mass is 32.2. The van der Waals surface area contributed by atoms with Crippen LogP contribution in [0, 0.1) is 0 Å². The van der Waals surface area contributed by atoms with Gasteiger partial charge in [0.1, 0.15) is 0 Å². The molecule has 0 radical (unpaired) electrons. The fraction of sp³-hybridized carbons (Fsp3) is 0.375. The third-order valence-corrected chi connectivity index (χ3v) is 2.78. The van der Waals surface area contributed by atoms with Crippen molar-refractivity contribution in [1.29, 1.82) is 0 Å². The zero-order valence-electron chi connectivity index (χ0n) is 10.1. The van der Waals surface area contributed by atoms with E-state index in [9.17, 15) is 8.42 Å². The third kappa shape index (κ3) is 2.33. The van der Waals surface area contributed by atoms with Crippen LogP contribution in [-0.4, -0.2) is 41.2 Å². The largest absolute Gasteiger partial charge is 0.368 e. The number of anilines is 2. The van der Waals surface area contributed by atoms with Crippen molar-refractivity contribution in [3.05, 3.63) is 6.33 Å². The summed E-state index contributed by atoms with van der Waals surface area (Å²) in [6.45, 7) is 0. The minimum Gasteiger partial charge on any atom is -0.368 e. The molecule has 0 saturated heterocycles. The second kappa shape index (κ2) is 4.07. The van der Waals surface area contributed by atoms with E-state index < -0.39 is 10.0 Å². The van der Waals surface area contributed by atoms with Gasteiger partial charge in [-0.05, 0) is 0 Å². The second-order valence-electron chi connectivity index (χ2n) is 3.86. The van der Waals surface area contributed by atoms with Crippen LogP contribution in [0.25, 0.3) is 11.2 Å². The number of nitrogen functional groups attached to an aromatic ring is 1. The molecule has 0 fully saturated rings. The van der Waals surface area contributed by atoms with Crippen LogP contribution in [0.4, 0.5) is 11.8 Å². The summed E-state index contributed by atoms with van der Waals surface area (Å²) in [6.07, 6.45) is 2.60. The quantitative estimate of drug-likeness (QED) is 0.676. The van der Waals surface area contributed by atoms with Crippen LogP contribution in [0.5, 0.6) is 0 Å². The maximum Gasteiger partial charge on any atom is 0.225 e. The molecule has 9 nitrogen and oxygen atoms in total. The Morgan fingerprint density at radius 3 is 2.72 bits per heavy atom. The van der Waals surface area contributed by atoms with Crippen molar-refractivity contribution < 1.29 is 8.42 Å². The van der Waals surface area contributed by atoms with Crippen LogP contribution in [0.15, 0.2) is 6.33 Å². The van der Waals surface area contributed by atoms with Crippen LogP contribution in [0.1, 0.15) is 0 Å². The molecule has 0 amide bonds. The molecule has 0 unspecified atom stereocenters. The first-order valence-corrected chi connectivity index (χ1v) is 6.83. The Kier molecular flexibility index (Phi) is 2.83. The van der Waals surface area contributed by atoms with Crippen molar-refractivity contribution in [2.45, 2.75) is 0 Å². The number of nitrogens with one attached hydrogen (secondary N) is 1. The Morgan fingerprint density at radius 1 is 1.44 bits per heavy atom. The van der Waals surface area contributed by atoms with Crippen LogP contribution >= 0.6 is 0 Å². The summed E-state index contributed by atoms with van der Waals surface area (Å²) >= 11 is 0. The minimum absolute atomic E-state index is 0.0447. The van der Waals surface area contributed by atoms with Crippen LogP contribution in [0.3, 0.4) is 0 Å². The standard InChI is InChI=1S/C8H13N7O2S/c1-14-4-10-5-6(14)11-8(9)12-7(5)15(2)13-18(3,16)17/h4,13H,1-3H3,(H2,9,11,12). The summed E-state index contributed by atoms with van der Waals surface area (Å²) in [6, 6.07) is 0. The number of hydrogen-bond acceptors (Lipinski definition) is 7. The molecule has 18 heavy (non-hydrogen) atoms. The predicted octanol–water partition coefficient (Wildman–Crippen LogP) is -1.15. The molecular weight excluding hydrogens is 258 g/mol. The molecule has 0 spiro atoms. The van der Waals surface area contributed by atoms with Gasteiger partial charge in [-0.3, -0.25) is 5.01 Å². The molecule has 2 aromatic rings. The zero-order valence-corrected chi connectivity index (χ0v) is 10.9. The topological polar surface area (TPSA) is 119 Å². The summed E-state index contributed by atoms with van der Waals surface area (Å²) in [7, 11) is -0.136. The van der Waals surface area contributed by atoms with Gasteiger partial charge in [0.2, 0.25) is 16.0 Å². The fourth-order valence-corrected chi connectivity index (χ4v) is 2.12. The summed E-state index contributed by atoms with van der Waals surface area (Å²) in [5, 5.41) is 1.24. The van der Waals surface area contributed by atoms with Crippen molar-refractivity contribution in [2.24, 2.45) is 7.05 Å². The average molecular weight is 271 g/mol. The molecule has 0 saturated carbocycles. The van der Waals surface area contributed by atoms with E-state index in [2.05, 4.69) is 19.8 Å². The Bertz CT molecular complexity index is 693. The normalized spacial score (nSPS) is 11.9. The zero-order chi connectivity index (χ0) is 13.5. The van der Waals surface area contributed by atoms with Gasteiger partial charge in [-0.25, -0.2) is 13.4 Å². The van der Waals surface area contributed by atoms with E-state index >= 15 is 0 Å². The lowest BCUT2D eigenvalue weighted by atomic mass is 10.5. The van der Waals surface area contributed by atoms with Gasteiger partial charge in [0, 0.05) is 14.1 Å². The number of imidazole rings is 1. The van der Waals surface area contributed by atoms with E-state index in [1.54, 1.807) is 17.9 Å². The smallest absolute Gasteiger partial charge is 0.225 e. The van der Waals surface area contributed by atoms with Crippen molar-refractivity contribution in [3.8, 4) is 0 Å². The summed E-state index contributed by atoms with van der Waals surface area (Å²) in [5.41, 5.74) is 6.58. The van der Waals surface area contributed by atoms with Gasteiger partial charge in [-0.1, -0.05) is 0 Å². The first-order chi connectivity index (χ1) is 8.28. The molecule has 0 bridgehead atoms. The summed E-state index contributed by atoms with van der Waals surface area (Å²) in [5.74, 6) is 0.340. The van der Waals surface area contributed by atoms with Crippen LogP contribution < -0.4 is 15.6 Å². The summed E-state index contributed by atoms with van der Waals surface area (Å²) in [4.78, 5) is 14.4. The fourth-order valence-electron chi connectivity index (χ4n) is 1.53. The van der Waals surface area contributed by atoms with E-state index in [0.717, 1.165) is 6.26 Å². The van der Waals surface area contributed by atoms with E-state index in [-0.39, 0.29) is 5.95 Å². The van der Waals surface area contributed by atoms with Gasteiger partial charge >= 0.3 is 0 Å². The van der Waals surface area contributed by atoms with Crippen LogP contribution in [-0.2, 0) is 17.1 Å². The van der Waals surface area contributed by atoms with Gasteiger partial charge in [0.15, 0.2) is 17.0 Å². The number of aryl methyl sites for hydroxylation is 1. The lowest BCUT2D eigenvalue weighted by Crippen LogP contribution is -2.39. The Hall–Kier alpha value is -1.94. The first kappa shape index (κ1) is 12.5. The van der Waals surface area contributed by atoms with E-state index in [4.69, 9.17) is 5.73 Å². The molecule has 98 valence electrons. The van der Waals surface area contributed by atoms with Crippen molar-refractivity contribution in [1.82, 2.24) is 24.4 Å². The van der Waals surface area contributed by atoms with Crippen molar-refractivity contribution >= 4 is 33.0 Å². The van der Waals surface area contributed by atoms with E-state index in [1.165, 1.54) is 12.1 Å². The maximum atomic E-state index is 11.2. The molecule has 0 aromatic carbocycles. The number of sulfonamides is 1. The van der Waals surface area contributed by atoms with Crippen molar-refractivity contribution in [2.75, 3.05) is 24.0 Å². The molecule has 2 heterocycles. The number of hydrogen-bond donors (Lipinski definition) is 2. The second-order valence-corrected chi connectivity index (χ2v) is 5.58. The van der Waals surface area contributed by atoms with Gasteiger partial charge in [0.25, 0.3) is 0 Å². The molecule has 3 N–H and O–H groups in total. The molecule has 2 aromatic heterocycles. The summed E-state index contributed by atoms with van der Waals surface area (Å²) < 4.78 is 24.0. The first-order valence-electron chi connectivity index (χ1n) is 4.93. The molecule has 0 aliphatic rings. The predicted molar refractivity (Wildman–Crippen MR) is 67.1 cm³/mol. The molecule has 0 aliphatic heterocycles. The highest BCUT2D eigenvalue weighted by Crippen LogP contribution is 2.20. The number of hydrazine groups is 1. The maximum absolute atomic E-state index is 11.2. The highest BCUT2D eigenvalue weighted by molar-refractivity contribution is 7.88. The Labute approximate surface area is 104 Å². The monoisotopic (exact) mass is 271 g/mol. The van der Waals surface area contributed by atoms with Gasteiger partial charge in [-0.15, -0.1) is 4.83 Å². The molecule has 2 rings (SSSR count). The lowest BCUT2D eigenvalue weighted by Gasteiger charge is -2.18. The molecule has 0 aliphatic carbocycles. The van der Waals surface area contributed by atoms with E-state index in [1.807, 2.05) is 0 Å². The average Bonchev–Trinajstić information content (AvgIpc) is 2.57. The van der Waals surface area contributed by atoms with Gasteiger partial charge in [-0.2, -0.15) is 9.97 Å². The van der Waals surface area contributed by atoms with E-state index in [0.29, 0.717) is 17.0 Å². The third-order valence-electron chi connectivity index (χ3n) is 2.18. The molecule has 10 heteroatoms. The van der Waals surface area contributed by atoms with Crippen LogP contribution in [0.2, 0.25) is 0 Å². The lowest BCUT2D eigenvalue weighted by molar-refractivity contribution is 0.586. The number of nitrogens with two attached hydrogens (primary N) is 1. The number of nitrogens with zero attached hydrogens (tertiary/aromatic N) is 5. The minimum atomic E-state index is -3.41. The number of fused-ring (bicyclic) bond motifs is 1. The number of aromatic nitrogens is 4. The molecular formula is C8H13N7O2S. The highest BCUT2D eigenvalue weighted by Gasteiger charge is 2.16. The Morgan fingerprint density at radius 2 is 2.11 bits per heavy atom. The SMILES string of the molecule is CN(NS(C)(=O)=O)c1nc(N)nc2c1ncn2C. The number of rotatable bonds is 3. The van der Waals surface area contributed by atoms with Crippen molar-refractivity contribution in [3.63, 3.8) is 0 Å². The Balaban J connectivity index is 2.56. The molecule has 0 atom stereocenters.